The maximum absolute atomic E-state index is 12.4. The van der Waals surface area contributed by atoms with Crippen LogP contribution in [0.2, 0.25) is 0 Å². The third-order valence-corrected chi connectivity index (χ3v) is 5.07. The number of rotatable bonds is 4. The maximum Gasteiger partial charge on any atom is 0.244 e. The first kappa shape index (κ1) is 17.7. The molecule has 0 saturated carbocycles. The van der Waals surface area contributed by atoms with Crippen LogP contribution in [-0.4, -0.2) is 34.7 Å². The zero-order chi connectivity index (χ0) is 13.9. The van der Waals surface area contributed by atoms with E-state index in [9.17, 15) is 8.42 Å². The third kappa shape index (κ3) is 4.33. The summed E-state index contributed by atoms with van der Waals surface area (Å²) < 4.78 is 33.3. The smallest absolute Gasteiger partial charge is 0.244 e. The summed E-state index contributed by atoms with van der Waals surface area (Å²) in [6.07, 6.45) is 1.82. The molecule has 0 bridgehead atoms. The van der Waals surface area contributed by atoms with E-state index in [4.69, 9.17) is 4.74 Å². The van der Waals surface area contributed by atoms with Gasteiger partial charge in [-0.05, 0) is 37.6 Å². The number of piperidine rings is 1. The van der Waals surface area contributed by atoms with E-state index in [1.165, 1.54) is 7.11 Å². The van der Waals surface area contributed by atoms with Crippen molar-refractivity contribution in [3.63, 3.8) is 0 Å². The van der Waals surface area contributed by atoms with Crippen LogP contribution in [-0.2, 0) is 10.0 Å². The molecular formula is C12H18BrClN2O3S. The van der Waals surface area contributed by atoms with Gasteiger partial charge in [0, 0.05) is 17.1 Å². The van der Waals surface area contributed by atoms with Gasteiger partial charge in [0.2, 0.25) is 10.0 Å². The van der Waals surface area contributed by atoms with Gasteiger partial charge >= 0.3 is 0 Å². The molecule has 1 aliphatic rings. The van der Waals surface area contributed by atoms with Crippen molar-refractivity contribution in [3.05, 3.63) is 22.7 Å². The second-order valence-electron chi connectivity index (χ2n) is 4.46. The molecule has 8 heteroatoms. The van der Waals surface area contributed by atoms with Crippen LogP contribution in [0, 0.1) is 0 Å². The van der Waals surface area contributed by atoms with Gasteiger partial charge in [-0.2, -0.15) is 0 Å². The fourth-order valence-electron chi connectivity index (χ4n) is 2.10. The summed E-state index contributed by atoms with van der Waals surface area (Å²) in [5.74, 6) is 0.347. The van der Waals surface area contributed by atoms with Crippen LogP contribution in [0.4, 0.5) is 0 Å². The summed E-state index contributed by atoms with van der Waals surface area (Å²) in [5, 5.41) is 3.18. The Labute approximate surface area is 134 Å². The van der Waals surface area contributed by atoms with Crippen LogP contribution < -0.4 is 14.8 Å². The molecule has 0 radical (unpaired) electrons. The minimum Gasteiger partial charge on any atom is -0.495 e. The average Bonchev–Trinajstić information content (AvgIpc) is 2.39. The minimum atomic E-state index is -3.57. The second-order valence-corrected chi connectivity index (χ2v) is 7.06. The summed E-state index contributed by atoms with van der Waals surface area (Å²) in [4.78, 5) is 0.162. The van der Waals surface area contributed by atoms with Crippen molar-refractivity contribution < 1.29 is 13.2 Å². The molecule has 20 heavy (non-hydrogen) atoms. The number of hydrogen-bond acceptors (Lipinski definition) is 4. The van der Waals surface area contributed by atoms with Gasteiger partial charge in [-0.25, -0.2) is 13.1 Å². The molecule has 114 valence electrons. The summed E-state index contributed by atoms with van der Waals surface area (Å²) in [5.41, 5.74) is 0. The highest BCUT2D eigenvalue weighted by Gasteiger charge is 2.24. The number of methoxy groups -OCH3 is 1. The van der Waals surface area contributed by atoms with Crippen molar-refractivity contribution in [2.24, 2.45) is 0 Å². The summed E-state index contributed by atoms with van der Waals surface area (Å²) in [6.45, 7) is 1.61. The van der Waals surface area contributed by atoms with Crippen LogP contribution >= 0.6 is 28.3 Å². The lowest BCUT2D eigenvalue weighted by molar-refractivity contribution is 0.399. The molecule has 5 nitrogen and oxygen atoms in total. The first-order valence-electron chi connectivity index (χ1n) is 6.09. The van der Waals surface area contributed by atoms with E-state index in [2.05, 4.69) is 26.0 Å². The first-order valence-corrected chi connectivity index (χ1v) is 8.37. The number of ether oxygens (including phenoxy) is 1. The summed E-state index contributed by atoms with van der Waals surface area (Å²) >= 11 is 3.28. The Kier molecular flexibility index (Phi) is 6.74. The van der Waals surface area contributed by atoms with E-state index in [0.717, 1.165) is 19.4 Å². The molecule has 0 unspecified atom stereocenters. The SMILES string of the molecule is COc1ccc(Br)cc1S(=O)(=O)N[C@H]1CCCNC1.Cl. The Bertz CT molecular complexity index is 548. The summed E-state index contributed by atoms with van der Waals surface area (Å²) in [7, 11) is -2.11. The number of halogens is 2. The van der Waals surface area contributed by atoms with Crippen molar-refractivity contribution in [1.82, 2.24) is 10.0 Å². The van der Waals surface area contributed by atoms with Crippen molar-refractivity contribution in [3.8, 4) is 5.75 Å². The van der Waals surface area contributed by atoms with E-state index in [0.29, 0.717) is 16.8 Å². The lowest BCUT2D eigenvalue weighted by Crippen LogP contribution is -2.45. The largest absolute Gasteiger partial charge is 0.495 e. The zero-order valence-electron chi connectivity index (χ0n) is 11.1. The molecule has 0 aromatic heterocycles. The Morgan fingerprint density at radius 2 is 2.20 bits per heavy atom. The van der Waals surface area contributed by atoms with Gasteiger partial charge in [-0.3, -0.25) is 0 Å². The highest BCUT2D eigenvalue weighted by atomic mass is 79.9. The fraction of sp³-hybridized carbons (Fsp3) is 0.500. The molecule has 2 rings (SSSR count). The number of nitrogens with one attached hydrogen (secondary N) is 2. The highest BCUT2D eigenvalue weighted by molar-refractivity contribution is 9.10. The molecule has 1 aromatic carbocycles. The van der Waals surface area contributed by atoms with E-state index in [1.54, 1.807) is 18.2 Å². The van der Waals surface area contributed by atoms with E-state index >= 15 is 0 Å². The van der Waals surface area contributed by atoms with Crippen LogP contribution in [0.3, 0.4) is 0 Å². The highest BCUT2D eigenvalue weighted by Crippen LogP contribution is 2.27. The monoisotopic (exact) mass is 384 g/mol. The molecule has 1 aromatic rings. The number of hydrogen-bond donors (Lipinski definition) is 2. The van der Waals surface area contributed by atoms with Crippen LogP contribution in [0.5, 0.6) is 5.75 Å². The van der Waals surface area contributed by atoms with E-state index < -0.39 is 10.0 Å². The van der Waals surface area contributed by atoms with Crippen molar-refractivity contribution in [2.45, 2.75) is 23.8 Å². The van der Waals surface area contributed by atoms with Crippen molar-refractivity contribution >= 4 is 38.4 Å². The lowest BCUT2D eigenvalue weighted by Gasteiger charge is -2.24. The van der Waals surface area contributed by atoms with Crippen LogP contribution in [0.15, 0.2) is 27.6 Å². The van der Waals surface area contributed by atoms with Gasteiger partial charge < -0.3 is 10.1 Å². The van der Waals surface area contributed by atoms with Gasteiger partial charge in [-0.1, -0.05) is 15.9 Å². The molecule has 1 heterocycles. The minimum absolute atomic E-state index is 0. The molecular weight excluding hydrogens is 368 g/mol. The first-order chi connectivity index (χ1) is 9.03. The predicted molar refractivity (Wildman–Crippen MR) is 84.2 cm³/mol. The number of sulfonamides is 1. The molecule has 0 spiro atoms. The molecule has 1 fully saturated rings. The Hall–Kier alpha value is -0.340. The normalized spacial score (nSPS) is 19.2. The van der Waals surface area contributed by atoms with Gasteiger partial charge in [0.15, 0.2) is 0 Å². The molecule has 0 amide bonds. The van der Waals surface area contributed by atoms with Gasteiger partial charge in [0.25, 0.3) is 0 Å². The Morgan fingerprint density at radius 1 is 1.45 bits per heavy atom. The standard InChI is InChI=1S/C12H17BrN2O3S.ClH/c1-18-11-5-4-9(13)7-12(11)19(16,17)15-10-3-2-6-14-8-10;/h4-5,7,10,14-15H,2-3,6,8H2,1H3;1H/t10-;/m0./s1. The van der Waals surface area contributed by atoms with Crippen LogP contribution in [0.1, 0.15) is 12.8 Å². The molecule has 1 aliphatic heterocycles. The quantitative estimate of drug-likeness (QED) is 0.831. The second kappa shape index (κ2) is 7.61. The van der Waals surface area contributed by atoms with E-state index in [1.807, 2.05) is 0 Å². The average molecular weight is 386 g/mol. The lowest BCUT2D eigenvalue weighted by atomic mass is 10.1. The van der Waals surface area contributed by atoms with Crippen molar-refractivity contribution in [2.75, 3.05) is 20.2 Å². The zero-order valence-corrected chi connectivity index (χ0v) is 14.3. The predicted octanol–water partition coefficient (Wildman–Crippen LogP) is 1.91. The third-order valence-electron chi connectivity index (χ3n) is 3.03. The Morgan fingerprint density at radius 3 is 2.80 bits per heavy atom. The molecule has 1 saturated heterocycles. The fourth-order valence-corrected chi connectivity index (χ4v) is 4.07. The van der Waals surface area contributed by atoms with Gasteiger partial charge in [0.05, 0.1) is 7.11 Å². The molecule has 0 aliphatic carbocycles. The molecule has 1 atom stereocenters. The maximum atomic E-state index is 12.4. The Balaban J connectivity index is 0.00000200. The van der Waals surface area contributed by atoms with Gasteiger partial charge in [0.1, 0.15) is 10.6 Å². The summed E-state index contributed by atoms with van der Waals surface area (Å²) in [6, 6.07) is 4.87. The van der Waals surface area contributed by atoms with Crippen molar-refractivity contribution in [1.29, 1.82) is 0 Å². The number of benzene rings is 1. The van der Waals surface area contributed by atoms with E-state index in [-0.39, 0.29) is 23.3 Å². The molecule has 2 N–H and O–H groups in total. The van der Waals surface area contributed by atoms with Gasteiger partial charge in [-0.15, -0.1) is 12.4 Å². The van der Waals surface area contributed by atoms with Crippen LogP contribution in [0.25, 0.3) is 0 Å². The topological polar surface area (TPSA) is 67.4 Å².